The first-order valence-electron chi connectivity index (χ1n) is 15.3. The zero-order chi connectivity index (χ0) is 27.6. The molecule has 2 N–H and O–H groups in total. The number of anilines is 1. The number of nitrogens with zero attached hydrogens (tertiary/aromatic N) is 3. The van der Waals surface area contributed by atoms with E-state index in [1.807, 2.05) is 6.20 Å². The smallest absolute Gasteiger partial charge is 0.230 e. The average molecular weight is 541 g/mol. The summed E-state index contributed by atoms with van der Waals surface area (Å²) in [5.74, 6) is 2.39. The standard InChI is InChI=1S/C34H44N4O2/c1-23-18-28(12-17-33(23)40-2)25-8-6-24(7-9-25)21-37(34(39)26-10-13-30(35)14-11-26)32-5-3-4-27(19-32)29-20-36-38(22-29)31-15-16-31/h3-5,12,17-20,22,24-26,30-31H,6-11,13-16,21,35H2,1-2H3/t24-,25-,26?,30?. The summed E-state index contributed by atoms with van der Waals surface area (Å²) in [6.45, 7) is 2.92. The minimum Gasteiger partial charge on any atom is -0.496 e. The van der Waals surface area contributed by atoms with Crippen LogP contribution in [0.1, 0.15) is 87.3 Å². The van der Waals surface area contributed by atoms with Crippen LogP contribution in [0, 0.1) is 18.8 Å². The van der Waals surface area contributed by atoms with Gasteiger partial charge in [-0.1, -0.05) is 24.3 Å². The first kappa shape index (κ1) is 27.1. The summed E-state index contributed by atoms with van der Waals surface area (Å²) in [6.07, 6.45) is 14.8. The quantitative estimate of drug-likeness (QED) is 0.333. The minimum absolute atomic E-state index is 0.0692. The zero-order valence-electron chi connectivity index (χ0n) is 24.1. The fraction of sp³-hybridized carbons (Fsp3) is 0.529. The zero-order valence-corrected chi connectivity index (χ0v) is 24.1. The molecular weight excluding hydrogens is 496 g/mol. The van der Waals surface area contributed by atoms with Crippen molar-refractivity contribution in [2.24, 2.45) is 17.6 Å². The molecule has 2 aromatic carbocycles. The Bertz CT molecular complexity index is 1310. The highest BCUT2D eigenvalue weighted by molar-refractivity contribution is 5.95. The summed E-state index contributed by atoms with van der Waals surface area (Å²) in [5.41, 5.74) is 12.1. The van der Waals surface area contributed by atoms with Gasteiger partial charge in [-0.05, 0) is 118 Å². The number of rotatable bonds is 8. The summed E-state index contributed by atoms with van der Waals surface area (Å²) in [6, 6.07) is 16.0. The molecule has 3 aromatic rings. The number of amides is 1. The Hall–Kier alpha value is -3.12. The van der Waals surface area contributed by atoms with Gasteiger partial charge in [0.2, 0.25) is 5.91 Å². The van der Waals surface area contributed by atoms with Crippen molar-refractivity contribution in [1.29, 1.82) is 0 Å². The lowest BCUT2D eigenvalue weighted by Gasteiger charge is -2.36. The van der Waals surface area contributed by atoms with Crippen molar-refractivity contribution in [1.82, 2.24) is 9.78 Å². The van der Waals surface area contributed by atoms with Crippen molar-refractivity contribution in [3.05, 3.63) is 66.0 Å². The maximum absolute atomic E-state index is 14.1. The molecule has 0 aliphatic heterocycles. The van der Waals surface area contributed by atoms with E-state index < -0.39 is 0 Å². The number of carbonyl (C=O) groups excluding carboxylic acids is 1. The predicted octanol–water partition coefficient (Wildman–Crippen LogP) is 7.03. The van der Waals surface area contributed by atoms with Crippen molar-refractivity contribution >= 4 is 11.6 Å². The first-order valence-corrected chi connectivity index (χ1v) is 15.3. The van der Waals surface area contributed by atoms with Crippen molar-refractivity contribution in [3.63, 3.8) is 0 Å². The predicted molar refractivity (Wildman–Crippen MR) is 161 cm³/mol. The average Bonchev–Trinajstić information content (AvgIpc) is 3.72. The minimum atomic E-state index is 0.0692. The van der Waals surface area contributed by atoms with Gasteiger partial charge < -0.3 is 15.4 Å². The van der Waals surface area contributed by atoms with Crippen molar-refractivity contribution in [3.8, 4) is 16.9 Å². The third kappa shape index (κ3) is 5.97. The van der Waals surface area contributed by atoms with Gasteiger partial charge in [0.15, 0.2) is 0 Å². The number of methoxy groups -OCH3 is 1. The number of aromatic nitrogens is 2. The highest BCUT2D eigenvalue weighted by Crippen LogP contribution is 2.39. The van der Waals surface area contributed by atoms with Crippen LogP contribution in [0.4, 0.5) is 5.69 Å². The second kappa shape index (κ2) is 11.8. The summed E-state index contributed by atoms with van der Waals surface area (Å²) in [7, 11) is 1.73. The highest BCUT2D eigenvalue weighted by atomic mass is 16.5. The summed E-state index contributed by atoms with van der Waals surface area (Å²) in [4.78, 5) is 16.2. The SMILES string of the molecule is COc1ccc([C@H]2CC[C@H](CN(C(=O)C3CCC(N)CC3)c3cccc(-c4cnn(C5CC5)c4)c3)CC2)cc1C. The molecule has 6 rings (SSSR count). The number of hydrogen-bond acceptors (Lipinski definition) is 4. The lowest BCUT2D eigenvalue weighted by Crippen LogP contribution is -2.42. The van der Waals surface area contributed by atoms with Crippen LogP contribution in [-0.4, -0.2) is 35.4 Å². The van der Waals surface area contributed by atoms with Crippen molar-refractivity contribution in [2.75, 3.05) is 18.6 Å². The Morgan fingerprint density at radius 1 is 0.975 bits per heavy atom. The van der Waals surface area contributed by atoms with E-state index in [4.69, 9.17) is 10.5 Å². The van der Waals surface area contributed by atoms with Gasteiger partial charge in [0.25, 0.3) is 0 Å². The Kier molecular flexibility index (Phi) is 7.97. The molecule has 0 unspecified atom stereocenters. The Morgan fingerprint density at radius 2 is 1.75 bits per heavy atom. The molecule has 3 aliphatic carbocycles. The molecular formula is C34H44N4O2. The van der Waals surface area contributed by atoms with Crippen LogP contribution in [0.2, 0.25) is 0 Å². The van der Waals surface area contributed by atoms with Gasteiger partial charge in [-0.15, -0.1) is 0 Å². The highest BCUT2D eigenvalue weighted by Gasteiger charge is 2.32. The summed E-state index contributed by atoms with van der Waals surface area (Å²) >= 11 is 0. The van der Waals surface area contributed by atoms with E-state index in [2.05, 4.69) is 70.3 Å². The van der Waals surface area contributed by atoms with E-state index in [-0.39, 0.29) is 17.9 Å². The van der Waals surface area contributed by atoms with Gasteiger partial charge in [0.1, 0.15) is 5.75 Å². The van der Waals surface area contributed by atoms with Gasteiger partial charge in [0, 0.05) is 36.0 Å². The molecule has 40 heavy (non-hydrogen) atoms. The van der Waals surface area contributed by atoms with Crippen LogP contribution in [0.25, 0.3) is 11.1 Å². The maximum Gasteiger partial charge on any atom is 0.230 e. The molecule has 0 radical (unpaired) electrons. The number of nitrogens with two attached hydrogens (primary N) is 1. The Balaban J connectivity index is 1.19. The van der Waals surface area contributed by atoms with Gasteiger partial charge in [-0.3, -0.25) is 9.48 Å². The molecule has 6 heteroatoms. The number of carbonyl (C=O) groups is 1. The fourth-order valence-corrected chi connectivity index (χ4v) is 6.88. The monoisotopic (exact) mass is 540 g/mol. The molecule has 0 bridgehead atoms. The molecule has 0 atom stereocenters. The second-order valence-corrected chi connectivity index (χ2v) is 12.5. The molecule has 3 saturated carbocycles. The third-order valence-electron chi connectivity index (χ3n) is 9.58. The first-order chi connectivity index (χ1) is 19.5. The maximum atomic E-state index is 14.1. The number of hydrogen-bond donors (Lipinski definition) is 1. The number of benzene rings is 2. The molecule has 212 valence electrons. The lowest BCUT2D eigenvalue weighted by atomic mass is 9.78. The largest absolute Gasteiger partial charge is 0.496 e. The topological polar surface area (TPSA) is 73.4 Å². The number of aryl methyl sites for hydroxylation is 1. The summed E-state index contributed by atoms with van der Waals surface area (Å²) < 4.78 is 7.57. The van der Waals surface area contributed by atoms with Crippen LogP contribution in [0.3, 0.4) is 0 Å². The Morgan fingerprint density at radius 3 is 2.45 bits per heavy atom. The second-order valence-electron chi connectivity index (χ2n) is 12.5. The molecule has 1 aromatic heterocycles. The number of ether oxygens (including phenoxy) is 1. The van der Waals surface area contributed by atoms with Crippen molar-refractivity contribution < 1.29 is 9.53 Å². The molecule has 3 fully saturated rings. The van der Waals surface area contributed by atoms with E-state index in [1.54, 1.807) is 7.11 Å². The van der Waals surface area contributed by atoms with Gasteiger partial charge in [-0.25, -0.2) is 0 Å². The van der Waals surface area contributed by atoms with E-state index in [9.17, 15) is 4.79 Å². The van der Waals surface area contributed by atoms with E-state index in [0.717, 1.165) is 80.5 Å². The fourth-order valence-electron chi connectivity index (χ4n) is 6.88. The van der Waals surface area contributed by atoms with E-state index in [0.29, 0.717) is 17.9 Å². The molecule has 1 heterocycles. The third-order valence-corrected chi connectivity index (χ3v) is 9.58. The van der Waals surface area contributed by atoms with Crippen LogP contribution in [-0.2, 0) is 4.79 Å². The van der Waals surface area contributed by atoms with Crippen LogP contribution >= 0.6 is 0 Å². The van der Waals surface area contributed by atoms with E-state index in [1.165, 1.54) is 24.0 Å². The van der Waals surface area contributed by atoms with Crippen molar-refractivity contribution in [2.45, 2.75) is 89.1 Å². The van der Waals surface area contributed by atoms with Crippen LogP contribution in [0.5, 0.6) is 5.75 Å². The van der Waals surface area contributed by atoms with E-state index >= 15 is 0 Å². The normalized spacial score (nSPS) is 25.0. The molecule has 0 saturated heterocycles. The molecule has 3 aliphatic rings. The Labute approximate surface area is 238 Å². The van der Waals surface area contributed by atoms with Crippen LogP contribution in [0.15, 0.2) is 54.9 Å². The molecule has 6 nitrogen and oxygen atoms in total. The van der Waals surface area contributed by atoms with Gasteiger partial charge in [0.05, 0.1) is 19.3 Å². The van der Waals surface area contributed by atoms with Crippen LogP contribution < -0.4 is 15.4 Å². The summed E-state index contributed by atoms with van der Waals surface area (Å²) in [5, 5.41) is 4.60. The van der Waals surface area contributed by atoms with Gasteiger partial charge in [-0.2, -0.15) is 5.10 Å². The van der Waals surface area contributed by atoms with Gasteiger partial charge >= 0.3 is 0 Å². The molecule has 1 amide bonds. The molecule has 0 spiro atoms. The lowest BCUT2D eigenvalue weighted by molar-refractivity contribution is -0.123.